The Morgan fingerprint density at radius 3 is 2.75 bits per heavy atom. The zero-order chi connectivity index (χ0) is 19.0. The Hall–Kier alpha value is -1.01. The van der Waals surface area contributed by atoms with Gasteiger partial charge in [-0.3, -0.25) is 14.8 Å². The Morgan fingerprint density at radius 2 is 1.89 bits per heavy atom. The maximum absolute atomic E-state index is 6.07. The average Bonchev–Trinajstić information content (AvgIpc) is 2.75. The number of aromatic nitrogens is 1. The molecule has 5 nitrogen and oxygen atoms in total. The van der Waals surface area contributed by atoms with Crippen LogP contribution < -0.4 is 0 Å². The molecule has 2 unspecified atom stereocenters. The first-order valence-corrected chi connectivity index (χ1v) is 11.5. The van der Waals surface area contributed by atoms with Gasteiger partial charge in [0.15, 0.2) is 0 Å². The molecule has 3 saturated heterocycles. The van der Waals surface area contributed by atoms with Crippen LogP contribution in [-0.2, 0) is 11.3 Å². The van der Waals surface area contributed by atoms with Crippen molar-refractivity contribution in [3.05, 3.63) is 30.1 Å². The lowest BCUT2D eigenvalue weighted by molar-refractivity contribution is -0.00341. The van der Waals surface area contributed by atoms with Crippen LogP contribution in [0.25, 0.3) is 0 Å². The topological polar surface area (TPSA) is 31.8 Å². The number of piperidine rings is 2. The second-order valence-corrected chi connectivity index (χ2v) is 8.98. The molecule has 28 heavy (non-hydrogen) atoms. The van der Waals surface area contributed by atoms with Crippen LogP contribution in [-0.4, -0.2) is 84.8 Å². The molecule has 0 spiro atoms. The van der Waals surface area contributed by atoms with Crippen LogP contribution >= 0.6 is 0 Å². The van der Waals surface area contributed by atoms with Crippen LogP contribution in [0.3, 0.4) is 0 Å². The van der Waals surface area contributed by atoms with E-state index in [0.29, 0.717) is 0 Å². The summed E-state index contributed by atoms with van der Waals surface area (Å²) in [6.45, 7) is 11.5. The van der Waals surface area contributed by atoms with Gasteiger partial charge in [0.2, 0.25) is 0 Å². The summed E-state index contributed by atoms with van der Waals surface area (Å²) in [7, 11) is 0. The van der Waals surface area contributed by atoms with Gasteiger partial charge in [-0.1, -0.05) is 12.5 Å². The minimum absolute atomic E-state index is 0.729. The summed E-state index contributed by atoms with van der Waals surface area (Å²) in [6, 6.07) is 6.97. The average molecular weight is 387 g/mol. The molecule has 1 aromatic rings. The highest BCUT2D eigenvalue weighted by atomic mass is 16.5. The molecule has 0 radical (unpaired) electrons. The van der Waals surface area contributed by atoms with Crippen molar-refractivity contribution in [3.63, 3.8) is 0 Å². The van der Waals surface area contributed by atoms with E-state index in [0.717, 1.165) is 38.3 Å². The van der Waals surface area contributed by atoms with Crippen molar-refractivity contribution in [3.8, 4) is 0 Å². The first-order valence-electron chi connectivity index (χ1n) is 11.5. The third-order valence-electron chi connectivity index (χ3n) is 6.77. The fourth-order valence-electron chi connectivity index (χ4n) is 5.15. The van der Waals surface area contributed by atoms with E-state index in [1.165, 1.54) is 83.5 Å². The zero-order valence-electron chi connectivity index (χ0n) is 17.5. The monoisotopic (exact) mass is 386 g/mol. The molecule has 3 aliphatic heterocycles. The number of piperazine rings is 1. The fourth-order valence-corrected chi connectivity index (χ4v) is 5.15. The molecule has 1 aromatic heterocycles. The normalized spacial score (nSPS) is 27.6. The van der Waals surface area contributed by atoms with Gasteiger partial charge in [0.05, 0.1) is 12.3 Å². The van der Waals surface area contributed by atoms with Crippen molar-refractivity contribution in [1.29, 1.82) is 0 Å². The summed E-state index contributed by atoms with van der Waals surface area (Å²) >= 11 is 0. The number of hydrogen-bond donors (Lipinski definition) is 0. The van der Waals surface area contributed by atoms with Crippen LogP contribution in [0.15, 0.2) is 24.4 Å². The molecule has 0 aliphatic carbocycles. The SMILES string of the molecule is c1ccc(CN2CCN3CC(COCCCN4CCCCC4)CCC3C2)nc1. The van der Waals surface area contributed by atoms with Crippen molar-refractivity contribution < 1.29 is 4.74 Å². The van der Waals surface area contributed by atoms with E-state index in [1.54, 1.807) is 0 Å². The Kier molecular flexibility index (Phi) is 7.73. The number of likely N-dealkylation sites (tertiary alicyclic amines) is 1. The molecule has 0 amide bonds. The van der Waals surface area contributed by atoms with Gasteiger partial charge in [-0.15, -0.1) is 0 Å². The molecule has 3 fully saturated rings. The van der Waals surface area contributed by atoms with Crippen molar-refractivity contribution >= 4 is 0 Å². The predicted octanol–water partition coefficient (Wildman–Crippen LogP) is 2.87. The van der Waals surface area contributed by atoms with Crippen LogP contribution in [0.1, 0.15) is 44.2 Å². The van der Waals surface area contributed by atoms with Crippen LogP contribution in [0.4, 0.5) is 0 Å². The Bertz CT molecular complexity index is 563. The van der Waals surface area contributed by atoms with Crippen molar-refractivity contribution in [2.45, 2.75) is 51.1 Å². The Balaban J connectivity index is 1.10. The highest BCUT2D eigenvalue weighted by Crippen LogP contribution is 2.26. The number of hydrogen-bond acceptors (Lipinski definition) is 5. The van der Waals surface area contributed by atoms with E-state index in [9.17, 15) is 0 Å². The van der Waals surface area contributed by atoms with Crippen molar-refractivity contribution in [2.24, 2.45) is 5.92 Å². The minimum atomic E-state index is 0.729. The molecule has 0 N–H and O–H groups in total. The van der Waals surface area contributed by atoms with Gasteiger partial charge in [0, 0.05) is 58.1 Å². The molecule has 0 bridgehead atoms. The maximum Gasteiger partial charge on any atom is 0.0543 e. The third kappa shape index (κ3) is 5.99. The first kappa shape index (κ1) is 20.3. The largest absolute Gasteiger partial charge is 0.381 e. The van der Waals surface area contributed by atoms with E-state index in [1.807, 2.05) is 12.3 Å². The van der Waals surface area contributed by atoms with Crippen LogP contribution in [0, 0.1) is 5.92 Å². The number of ether oxygens (including phenoxy) is 1. The second-order valence-electron chi connectivity index (χ2n) is 8.98. The first-order chi connectivity index (χ1) is 13.9. The van der Waals surface area contributed by atoms with Gasteiger partial charge in [-0.05, 0) is 63.2 Å². The predicted molar refractivity (Wildman–Crippen MR) is 113 cm³/mol. The summed E-state index contributed by atoms with van der Waals surface area (Å²) in [4.78, 5) is 12.4. The zero-order valence-corrected chi connectivity index (χ0v) is 17.5. The second kappa shape index (κ2) is 10.7. The highest BCUT2D eigenvalue weighted by molar-refractivity contribution is 5.04. The summed E-state index contributed by atoms with van der Waals surface area (Å²) in [6.07, 6.45) is 9.95. The summed E-state index contributed by atoms with van der Waals surface area (Å²) in [5.74, 6) is 0.730. The molecule has 2 atom stereocenters. The molecule has 4 rings (SSSR count). The molecule has 5 heteroatoms. The van der Waals surface area contributed by atoms with Crippen molar-refractivity contribution in [1.82, 2.24) is 19.7 Å². The molecule has 0 saturated carbocycles. The van der Waals surface area contributed by atoms with Crippen molar-refractivity contribution in [2.75, 3.05) is 59.0 Å². The lowest BCUT2D eigenvalue weighted by Gasteiger charge is -2.46. The maximum atomic E-state index is 6.07. The lowest BCUT2D eigenvalue weighted by atomic mass is 9.91. The Morgan fingerprint density at radius 1 is 0.964 bits per heavy atom. The molecule has 4 heterocycles. The van der Waals surface area contributed by atoms with E-state index < -0.39 is 0 Å². The number of pyridine rings is 1. The van der Waals surface area contributed by atoms with Crippen LogP contribution in [0.5, 0.6) is 0 Å². The molecule has 3 aliphatic rings. The number of nitrogens with zero attached hydrogens (tertiary/aromatic N) is 4. The van der Waals surface area contributed by atoms with Gasteiger partial charge in [0.1, 0.15) is 0 Å². The molecular weight excluding hydrogens is 348 g/mol. The lowest BCUT2D eigenvalue weighted by Crippen LogP contribution is -2.56. The number of rotatable bonds is 8. The summed E-state index contributed by atoms with van der Waals surface area (Å²) < 4.78 is 6.07. The molecule has 0 aromatic carbocycles. The minimum Gasteiger partial charge on any atom is -0.381 e. The van der Waals surface area contributed by atoms with Gasteiger partial charge in [-0.25, -0.2) is 0 Å². The smallest absolute Gasteiger partial charge is 0.0543 e. The summed E-state index contributed by atoms with van der Waals surface area (Å²) in [5, 5.41) is 0. The van der Waals surface area contributed by atoms with Gasteiger partial charge >= 0.3 is 0 Å². The molecule has 156 valence electrons. The van der Waals surface area contributed by atoms with Gasteiger partial charge in [-0.2, -0.15) is 0 Å². The highest BCUT2D eigenvalue weighted by Gasteiger charge is 2.32. The standard InChI is InChI=1S/C23H38N4O/c1-4-11-25(12-5-1)13-6-16-28-20-21-8-9-23-19-26(14-15-27(23)17-21)18-22-7-2-3-10-24-22/h2-3,7,10,21,23H,1,4-6,8-9,11-20H2. The summed E-state index contributed by atoms with van der Waals surface area (Å²) in [5.41, 5.74) is 1.20. The molecular formula is C23H38N4O. The van der Waals surface area contributed by atoms with E-state index in [2.05, 4.69) is 31.8 Å². The van der Waals surface area contributed by atoms with E-state index in [4.69, 9.17) is 4.74 Å². The fraction of sp³-hybridized carbons (Fsp3) is 0.783. The third-order valence-corrected chi connectivity index (χ3v) is 6.77. The number of fused-ring (bicyclic) bond motifs is 1. The Labute approximate surface area is 171 Å². The van der Waals surface area contributed by atoms with Gasteiger partial charge in [0.25, 0.3) is 0 Å². The van der Waals surface area contributed by atoms with E-state index in [-0.39, 0.29) is 0 Å². The van der Waals surface area contributed by atoms with Crippen LogP contribution in [0.2, 0.25) is 0 Å². The van der Waals surface area contributed by atoms with Gasteiger partial charge < -0.3 is 9.64 Å². The quantitative estimate of drug-likeness (QED) is 0.642. The van der Waals surface area contributed by atoms with E-state index >= 15 is 0 Å².